The summed E-state index contributed by atoms with van der Waals surface area (Å²) in [6.07, 6.45) is 2.17. The van der Waals surface area contributed by atoms with Crippen LogP contribution in [0.1, 0.15) is 46.8 Å². The molecule has 2 aliphatic rings. The Labute approximate surface area is 185 Å². The van der Waals surface area contributed by atoms with Crippen molar-refractivity contribution in [1.29, 1.82) is 0 Å². The third-order valence-electron chi connectivity index (χ3n) is 5.73. The van der Waals surface area contributed by atoms with Crippen LogP contribution in [0.15, 0.2) is 23.9 Å². The molecule has 1 fully saturated rings. The van der Waals surface area contributed by atoms with Crippen molar-refractivity contribution in [1.82, 2.24) is 14.9 Å². The van der Waals surface area contributed by atoms with Crippen molar-refractivity contribution >= 4 is 23.1 Å². The molecule has 1 aliphatic carbocycles. The van der Waals surface area contributed by atoms with Gasteiger partial charge in [0.05, 0.1) is 35.1 Å². The number of amides is 1. The van der Waals surface area contributed by atoms with Gasteiger partial charge in [-0.15, -0.1) is 0 Å². The average molecular weight is 446 g/mol. The van der Waals surface area contributed by atoms with Crippen LogP contribution in [0.4, 0.5) is 4.39 Å². The van der Waals surface area contributed by atoms with Crippen LogP contribution >= 0.6 is 11.6 Å². The van der Waals surface area contributed by atoms with E-state index in [9.17, 15) is 9.18 Å². The van der Waals surface area contributed by atoms with Crippen LogP contribution in [0.2, 0.25) is 5.02 Å². The molecule has 0 spiro atoms. The zero-order chi connectivity index (χ0) is 22.3. The topological polar surface area (TPSA) is 107 Å². The molecule has 9 heteroatoms. The van der Waals surface area contributed by atoms with Crippen LogP contribution in [0.3, 0.4) is 0 Å². The van der Waals surface area contributed by atoms with Gasteiger partial charge in [0.2, 0.25) is 0 Å². The van der Waals surface area contributed by atoms with E-state index in [0.29, 0.717) is 45.5 Å². The molecule has 2 heterocycles. The van der Waals surface area contributed by atoms with Gasteiger partial charge in [0, 0.05) is 23.4 Å². The molecule has 31 heavy (non-hydrogen) atoms. The Morgan fingerprint density at radius 1 is 1.23 bits per heavy atom. The second-order valence-electron chi connectivity index (χ2n) is 8.15. The minimum Gasteiger partial charge on any atom is -0.489 e. The predicted molar refractivity (Wildman–Crippen MR) is 116 cm³/mol. The van der Waals surface area contributed by atoms with Crippen molar-refractivity contribution in [3.63, 3.8) is 0 Å². The van der Waals surface area contributed by atoms with Gasteiger partial charge in [-0.3, -0.25) is 4.79 Å². The summed E-state index contributed by atoms with van der Waals surface area (Å²) in [4.78, 5) is 23.7. The number of nitrogens with two attached hydrogens (primary N) is 2. The van der Waals surface area contributed by atoms with Crippen LogP contribution < -0.4 is 16.2 Å². The Hall–Kier alpha value is -2.71. The van der Waals surface area contributed by atoms with Gasteiger partial charge < -0.3 is 21.1 Å². The zero-order valence-corrected chi connectivity index (χ0v) is 18.2. The zero-order valence-electron chi connectivity index (χ0n) is 17.5. The fraction of sp³-hybridized carbons (Fsp3) is 0.409. The Morgan fingerprint density at radius 3 is 2.58 bits per heavy atom. The molecule has 1 saturated carbocycles. The van der Waals surface area contributed by atoms with E-state index >= 15 is 0 Å². The predicted octanol–water partition coefficient (Wildman–Crippen LogP) is 2.97. The first-order chi connectivity index (χ1) is 14.7. The van der Waals surface area contributed by atoms with Crippen LogP contribution in [-0.2, 0) is 0 Å². The fourth-order valence-corrected chi connectivity index (χ4v) is 4.13. The van der Waals surface area contributed by atoms with E-state index in [1.807, 2.05) is 0 Å². The van der Waals surface area contributed by atoms with Gasteiger partial charge in [0.15, 0.2) is 5.82 Å². The standard InChI is InChI=1S/C22H25ClFN5O2/c1-11-20(23)12(2)28-21(27-11)17-9-29(10-18(17)26)22(30)16-6-3-13(24)7-19(16)31-15-5-4-14(25)8-15/h3,6-7,14-15H,4-5,8-10,25-26H2,1-2H3/t14-,15?/m0/s1. The molecule has 0 radical (unpaired) electrons. The van der Waals surface area contributed by atoms with E-state index in [2.05, 4.69) is 9.97 Å². The number of rotatable bonds is 4. The largest absolute Gasteiger partial charge is 0.489 e. The van der Waals surface area contributed by atoms with Gasteiger partial charge in [0.25, 0.3) is 5.91 Å². The maximum atomic E-state index is 13.9. The number of carbonyl (C=O) groups excluding carboxylic acids is 1. The Balaban J connectivity index is 1.56. The molecule has 1 aromatic heterocycles. The van der Waals surface area contributed by atoms with Crippen LogP contribution in [0.25, 0.3) is 5.57 Å². The lowest BCUT2D eigenvalue weighted by molar-refractivity contribution is 0.0791. The molecule has 2 aromatic rings. The maximum absolute atomic E-state index is 13.9. The molecule has 0 bridgehead atoms. The summed E-state index contributed by atoms with van der Waals surface area (Å²) >= 11 is 6.17. The number of halogens is 2. The lowest BCUT2D eigenvalue weighted by atomic mass is 10.1. The molecule has 1 aliphatic heterocycles. The normalized spacial score (nSPS) is 21.1. The molecule has 1 unspecified atom stereocenters. The average Bonchev–Trinajstić information content (AvgIpc) is 3.30. The van der Waals surface area contributed by atoms with E-state index in [-0.39, 0.29) is 36.9 Å². The van der Waals surface area contributed by atoms with Crippen LogP contribution in [-0.4, -0.2) is 46.0 Å². The summed E-state index contributed by atoms with van der Waals surface area (Å²) in [7, 11) is 0. The second kappa shape index (κ2) is 8.43. The first-order valence-electron chi connectivity index (χ1n) is 10.2. The highest BCUT2D eigenvalue weighted by molar-refractivity contribution is 6.31. The number of aromatic nitrogens is 2. The van der Waals surface area contributed by atoms with Crippen molar-refractivity contribution in [2.45, 2.75) is 45.3 Å². The van der Waals surface area contributed by atoms with E-state index in [1.54, 1.807) is 18.7 Å². The quantitative estimate of drug-likeness (QED) is 0.749. The van der Waals surface area contributed by atoms with E-state index in [1.165, 1.54) is 18.2 Å². The highest BCUT2D eigenvalue weighted by Gasteiger charge is 2.31. The maximum Gasteiger partial charge on any atom is 0.258 e. The third kappa shape index (κ3) is 4.36. The Morgan fingerprint density at radius 2 is 1.94 bits per heavy atom. The highest BCUT2D eigenvalue weighted by atomic mass is 35.5. The molecule has 164 valence electrons. The summed E-state index contributed by atoms with van der Waals surface area (Å²) in [5, 5.41) is 0.508. The Kier molecular flexibility index (Phi) is 5.85. The number of nitrogens with zero attached hydrogens (tertiary/aromatic N) is 3. The number of benzene rings is 1. The highest BCUT2D eigenvalue weighted by Crippen LogP contribution is 2.31. The van der Waals surface area contributed by atoms with Gasteiger partial charge in [0.1, 0.15) is 17.7 Å². The van der Waals surface area contributed by atoms with Crippen molar-refractivity contribution in [2.75, 3.05) is 13.1 Å². The molecule has 4 rings (SSSR count). The number of ether oxygens (including phenoxy) is 1. The molecule has 1 aromatic carbocycles. The molecular weight excluding hydrogens is 421 g/mol. The molecule has 4 N–H and O–H groups in total. The number of carbonyl (C=O) groups is 1. The number of aryl methyl sites for hydroxylation is 2. The van der Waals surface area contributed by atoms with Crippen molar-refractivity contribution in [3.05, 3.63) is 57.5 Å². The lowest BCUT2D eigenvalue weighted by Crippen LogP contribution is -2.31. The van der Waals surface area contributed by atoms with Gasteiger partial charge in [-0.1, -0.05) is 11.6 Å². The molecule has 2 atom stereocenters. The summed E-state index contributed by atoms with van der Waals surface area (Å²) < 4.78 is 19.9. The first-order valence-corrected chi connectivity index (χ1v) is 10.6. The fourth-order valence-electron chi connectivity index (χ4n) is 4.05. The molecule has 7 nitrogen and oxygen atoms in total. The van der Waals surface area contributed by atoms with E-state index in [0.717, 1.165) is 12.8 Å². The smallest absolute Gasteiger partial charge is 0.258 e. The van der Waals surface area contributed by atoms with Gasteiger partial charge in [-0.2, -0.15) is 0 Å². The lowest BCUT2D eigenvalue weighted by Gasteiger charge is -2.21. The first kappa shape index (κ1) is 21.5. The Bertz CT molecular complexity index is 1050. The summed E-state index contributed by atoms with van der Waals surface area (Å²) in [6.45, 7) is 4.07. The van der Waals surface area contributed by atoms with E-state index < -0.39 is 5.82 Å². The second-order valence-corrected chi connectivity index (χ2v) is 8.53. The SMILES string of the molecule is Cc1nc(C2=C(N)CN(C(=O)c3ccc(F)cc3OC3CC[C@H](N)C3)C2)nc(C)c1Cl. The third-order valence-corrected chi connectivity index (χ3v) is 6.28. The van der Waals surface area contributed by atoms with Crippen molar-refractivity contribution in [2.24, 2.45) is 11.5 Å². The number of hydrogen-bond donors (Lipinski definition) is 2. The van der Waals surface area contributed by atoms with Gasteiger partial charge in [-0.05, 0) is 45.2 Å². The monoisotopic (exact) mass is 445 g/mol. The minimum absolute atomic E-state index is 0.0640. The minimum atomic E-state index is -0.464. The summed E-state index contributed by atoms with van der Waals surface area (Å²) in [6, 6.07) is 4.01. The number of hydrogen-bond acceptors (Lipinski definition) is 6. The molecular formula is C22H25ClFN5O2. The van der Waals surface area contributed by atoms with Gasteiger partial charge >= 0.3 is 0 Å². The summed E-state index contributed by atoms with van der Waals surface area (Å²) in [5.74, 6) is -0.0694. The van der Waals surface area contributed by atoms with Crippen LogP contribution in [0.5, 0.6) is 5.75 Å². The van der Waals surface area contributed by atoms with Gasteiger partial charge in [-0.25, -0.2) is 14.4 Å². The van der Waals surface area contributed by atoms with Crippen molar-refractivity contribution in [3.8, 4) is 5.75 Å². The van der Waals surface area contributed by atoms with E-state index in [4.69, 9.17) is 27.8 Å². The van der Waals surface area contributed by atoms with Crippen LogP contribution in [0, 0.1) is 19.7 Å². The molecule has 0 saturated heterocycles. The molecule has 1 amide bonds. The summed E-state index contributed by atoms with van der Waals surface area (Å²) in [5.41, 5.74) is 15.0. The van der Waals surface area contributed by atoms with Crippen molar-refractivity contribution < 1.29 is 13.9 Å².